The summed E-state index contributed by atoms with van der Waals surface area (Å²) < 4.78 is 66.2. The van der Waals surface area contributed by atoms with E-state index in [9.17, 15) is 67.4 Å². The van der Waals surface area contributed by atoms with E-state index in [1.165, 1.54) is 13.8 Å². The molecule has 0 bridgehead atoms. The Morgan fingerprint density at radius 3 is 1.35 bits per heavy atom. The number of aliphatic hydroxyl groups excluding tert-OH is 1. The highest BCUT2D eigenvalue weighted by Crippen LogP contribution is 2.40. The topological polar surface area (TPSA) is 362 Å². The summed E-state index contributed by atoms with van der Waals surface area (Å²) in [5.74, 6) is -5.98. The quantitative estimate of drug-likeness (QED) is 0.0824. The van der Waals surface area contributed by atoms with E-state index >= 15 is 0 Å². The molecule has 6 aliphatic rings. The van der Waals surface area contributed by atoms with Crippen molar-refractivity contribution in [2.75, 3.05) is 26.4 Å². The van der Waals surface area contributed by atoms with E-state index in [1.54, 1.807) is 76.2 Å². The van der Waals surface area contributed by atoms with Gasteiger partial charge in [0.15, 0.2) is 0 Å². The van der Waals surface area contributed by atoms with Gasteiger partial charge in [-0.15, -0.1) is 0 Å². The molecule has 0 aromatic heterocycles. The van der Waals surface area contributed by atoms with Gasteiger partial charge in [-0.1, -0.05) is 62.3 Å². The number of cyclic esters (lactones) is 6. The number of esters is 13. The minimum Gasteiger partial charge on any atom is -0.465 e. The number of hydrogen-bond donors (Lipinski definition) is 1. The lowest BCUT2D eigenvalue weighted by Crippen LogP contribution is -2.44. The van der Waals surface area contributed by atoms with Crippen LogP contribution in [0, 0.1) is 44.3 Å². The van der Waals surface area contributed by atoms with Crippen LogP contribution in [0.2, 0.25) is 0 Å². The van der Waals surface area contributed by atoms with Gasteiger partial charge in [0.1, 0.15) is 29.5 Å². The Morgan fingerprint density at radius 1 is 0.515 bits per heavy atom. The van der Waals surface area contributed by atoms with E-state index in [4.69, 9.17) is 61.6 Å². The molecule has 8 atom stereocenters. The standard InChI is InChI=1S/C14H22O6.2C13H22O4.C12H20O5.2C11H18O4/c1-6-13(2,3)11(16)20-14(4,5)12(17)19-9-7-8-18-10(9)15;1-7-11(2,3)9(14)17-13(6)8-12(4,5)16-10(13)15;1-6-12(2,3)11(15)17-13(4,5)9-7-10(14)16-8-9;1-6-11(2,3)10(15)16-7-8(13)12(4,5)17-9(7)14;1-5-10(2,3)8(12)15-11(4)6-7-14-9(11)13;1-5-7(2)9(12)15-8-10(13)14-6-11(8,3)4/h9H,6-8H2,1-5H3;7-8H2,1-6H3;9H,6-8H2,1-5H3;7-8,13H,6H2,1-5H3;5-7H2,1-4H3;7-8H,5-6H2,1-4H3. The minimum atomic E-state index is -1.44. The van der Waals surface area contributed by atoms with E-state index < -0.39 is 138 Å². The van der Waals surface area contributed by atoms with Gasteiger partial charge in [-0.3, -0.25) is 33.6 Å². The van der Waals surface area contributed by atoms with Crippen LogP contribution in [0.3, 0.4) is 0 Å². The maximum atomic E-state index is 12.0. The number of carbonyl (C=O) groups excluding carboxylic acids is 13. The highest BCUT2D eigenvalue weighted by Gasteiger charge is 2.55. The van der Waals surface area contributed by atoms with Crippen LogP contribution in [-0.4, -0.2) is 167 Å². The molecule has 0 amide bonds. The maximum absolute atomic E-state index is 12.0. The van der Waals surface area contributed by atoms with Crippen LogP contribution in [0.15, 0.2) is 0 Å². The number of rotatable bonds is 21. The van der Waals surface area contributed by atoms with Crippen molar-refractivity contribution >= 4 is 77.6 Å². The Kier molecular flexibility index (Phi) is 32.4. The summed E-state index contributed by atoms with van der Waals surface area (Å²) in [4.78, 5) is 151. The Labute approximate surface area is 598 Å². The molecule has 101 heavy (non-hydrogen) atoms. The zero-order chi connectivity index (χ0) is 79.1. The molecule has 6 saturated heterocycles. The highest BCUT2D eigenvalue weighted by molar-refractivity contribution is 5.89. The third-order valence-electron chi connectivity index (χ3n) is 19.4. The smallest absolute Gasteiger partial charge is 0.351 e. The average molecular weight is 1440 g/mol. The van der Waals surface area contributed by atoms with Crippen LogP contribution in [-0.2, 0) is 124 Å². The van der Waals surface area contributed by atoms with Crippen LogP contribution < -0.4 is 0 Å². The second-order valence-electron chi connectivity index (χ2n) is 33.0. The molecule has 6 rings (SSSR count). The summed E-state index contributed by atoms with van der Waals surface area (Å²) in [5, 5.41) is 9.85. The summed E-state index contributed by atoms with van der Waals surface area (Å²) in [5.41, 5.74) is -9.28. The molecule has 0 aromatic carbocycles. The molecule has 0 spiro atoms. The van der Waals surface area contributed by atoms with E-state index in [2.05, 4.69) is 0 Å². The Bertz CT molecular complexity index is 2960. The molecule has 0 radical (unpaired) electrons. The first-order valence-corrected chi connectivity index (χ1v) is 35.0. The Hall–Kier alpha value is -6.93. The molecule has 0 saturated carbocycles. The fourth-order valence-electron chi connectivity index (χ4n) is 8.73. The summed E-state index contributed by atoms with van der Waals surface area (Å²) in [6.45, 7) is 52.6. The number of hydrogen-bond acceptors (Lipinski definition) is 27. The Morgan fingerprint density at radius 2 is 0.980 bits per heavy atom. The van der Waals surface area contributed by atoms with Gasteiger partial charge in [0.2, 0.25) is 35.1 Å². The SMILES string of the molecule is CCC(C)(C)C(=O)OC(C)(C)C(=O)OC1CCOC1=O.CCC(C)(C)C(=O)OC(C)(C)C1COC(=O)C1.CCC(C)(C)C(=O)OC1(C)CC(C)(C)OC1=O.CCC(C)(C)C(=O)OC1(C)CCOC1=O.CCC(C)(C)C(=O)OC1C(=O)OC(C)(C)C1O.CCC(C)C(=O)OC1C(=O)OCC1(C)C. The molecule has 8 unspecified atom stereocenters. The van der Waals surface area contributed by atoms with Crippen LogP contribution in [0.1, 0.15) is 265 Å². The third kappa shape index (κ3) is 26.1. The van der Waals surface area contributed by atoms with Gasteiger partial charge < -0.3 is 66.7 Å². The summed E-state index contributed by atoms with van der Waals surface area (Å²) in [7, 11) is 0. The molecule has 1 N–H and O–H groups in total. The predicted octanol–water partition coefficient (Wildman–Crippen LogP) is 10.6. The largest absolute Gasteiger partial charge is 0.465 e. The predicted molar refractivity (Wildman–Crippen MR) is 365 cm³/mol. The van der Waals surface area contributed by atoms with Crippen molar-refractivity contribution in [3.8, 4) is 0 Å². The van der Waals surface area contributed by atoms with Gasteiger partial charge in [-0.25, -0.2) is 28.8 Å². The van der Waals surface area contributed by atoms with E-state index in [0.29, 0.717) is 77.6 Å². The minimum absolute atomic E-state index is 0.0494. The monoisotopic (exact) mass is 1440 g/mol. The van der Waals surface area contributed by atoms with E-state index in [1.807, 2.05) is 111 Å². The first-order chi connectivity index (χ1) is 45.6. The molecule has 580 valence electrons. The van der Waals surface area contributed by atoms with Crippen molar-refractivity contribution in [3.63, 3.8) is 0 Å². The fraction of sp³-hybridized carbons (Fsp3) is 0.824. The molecule has 6 aliphatic heterocycles. The molecule has 0 aromatic rings. The van der Waals surface area contributed by atoms with Crippen molar-refractivity contribution in [3.05, 3.63) is 0 Å². The van der Waals surface area contributed by atoms with E-state index in [0.717, 1.165) is 6.42 Å². The summed E-state index contributed by atoms with van der Waals surface area (Å²) in [6, 6.07) is 0. The van der Waals surface area contributed by atoms with Gasteiger partial charge in [0.25, 0.3) is 0 Å². The maximum Gasteiger partial charge on any atom is 0.351 e. The molecular weight excluding hydrogens is 1320 g/mol. The highest BCUT2D eigenvalue weighted by atomic mass is 16.7. The van der Waals surface area contributed by atoms with Crippen LogP contribution in [0.4, 0.5) is 0 Å². The summed E-state index contributed by atoms with van der Waals surface area (Å²) >= 11 is 0. The van der Waals surface area contributed by atoms with Gasteiger partial charge >= 0.3 is 77.6 Å². The first kappa shape index (κ1) is 92.1. The average Bonchev–Trinajstić information content (AvgIpc) is 1.66. The third-order valence-corrected chi connectivity index (χ3v) is 19.4. The molecular formula is C74H122O27. The lowest BCUT2D eigenvalue weighted by Gasteiger charge is -2.33. The van der Waals surface area contributed by atoms with Crippen molar-refractivity contribution < 1.29 is 129 Å². The lowest BCUT2D eigenvalue weighted by molar-refractivity contribution is -0.188. The van der Waals surface area contributed by atoms with E-state index in [-0.39, 0.29) is 48.3 Å². The molecule has 27 nitrogen and oxygen atoms in total. The zero-order valence-electron chi connectivity index (χ0n) is 65.9. The Balaban J connectivity index is 0.000000607. The van der Waals surface area contributed by atoms with Crippen LogP contribution in [0.25, 0.3) is 0 Å². The lowest BCUT2D eigenvalue weighted by atomic mass is 9.87. The second kappa shape index (κ2) is 35.5. The van der Waals surface area contributed by atoms with Crippen molar-refractivity contribution in [1.29, 1.82) is 0 Å². The van der Waals surface area contributed by atoms with Crippen molar-refractivity contribution in [1.82, 2.24) is 0 Å². The summed E-state index contributed by atoms with van der Waals surface area (Å²) in [6.07, 6.45) is 1.44. The molecule has 27 heteroatoms. The molecule has 6 heterocycles. The normalized spacial score (nSPS) is 24.5. The van der Waals surface area contributed by atoms with Crippen molar-refractivity contribution in [2.45, 2.75) is 323 Å². The van der Waals surface area contributed by atoms with Crippen LogP contribution >= 0.6 is 0 Å². The number of carbonyl (C=O) groups is 13. The van der Waals surface area contributed by atoms with Gasteiger partial charge in [0, 0.05) is 30.6 Å². The zero-order valence-corrected chi connectivity index (χ0v) is 65.9. The fourth-order valence-corrected chi connectivity index (χ4v) is 8.73. The van der Waals surface area contributed by atoms with Gasteiger partial charge in [-0.2, -0.15) is 0 Å². The van der Waals surface area contributed by atoms with Gasteiger partial charge in [-0.05, 0) is 177 Å². The molecule has 0 aliphatic carbocycles. The molecule has 6 fully saturated rings. The number of ether oxygens (including phenoxy) is 13. The first-order valence-electron chi connectivity index (χ1n) is 35.0. The van der Waals surface area contributed by atoms with Crippen LogP contribution in [0.5, 0.6) is 0 Å². The second-order valence-corrected chi connectivity index (χ2v) is 33.0. The van der Waals surface area contributed by atoms with Crippen molar-refractivity contribution in [2.24, 2.45) is 44.3 Å². The number of aliphatic hydroxyl groups is 1. The van der Waals surface area contributed by atoms with Gasteiger partial charge in [0.05, 0.1) is 59.2 Å².